The molecular formula is C18H14O3. The molecule has 21 heavy (non-hydrogen) atoms. The maximum Gasteiger partial charge on any atom is 0.169 e. The van der Waals surface area contributed by atoms with Crippen LogP contribution >= 0.6 is 0 Å². The molecule has 0 saturated carbocycles. The van der Waals surface area contributed by atoms with Crippen molar-refractivity contribution in [1.82, 2.24) is 0 Å². The van der Waals surface area contributed by atoms with E-state index in [0.717, 1.165) is 5.75 Å². The summed E-state index contributed by atoms with van der Waals surface area (Å²) in [5, 5.41) is 9.72. The minimum atomic E-state index is 0.104. The Hall–Kier alpha value is -2.94. The SMILES string of the molecule is Oc1ccccc1Oc1cccc(Oc2ccccc2)c1. The molecule has 0 amide bonds. The Morgan fingerprint density at radius 2 is 1.19 bits per heavy atom. The fourth-order valence-electron chi connectivity index (χ4n) is 1.90. The first-order valence-electron chi connectivity index (χ1n) is 6.60. The molecule has 0 atom stereocenters. The molecule has 3 heteroatoms. The quantitative estimate of drug-likeness (QED) is 0.731. The third-order valence-corrected chi connectivity index (χ3v) is 2.88. The number of phenols is 1. The Morgan fingerprint density at radius 3 is 1.95 bits per heavy atom. The smallest absolute Gasteiger partial charge is 0.169 e. The topological polar surface area (TPSA) is 38.7 Å². The highest BCUT2D eigenvalue weighted by atomic mass is 16.5. The maximum absolute atomic E-state index is 9.72. The summed E-state index contributed by atoms with van der Waals surface area (Å²) < 4.78 is 11.4. The van der Waals surface area contributed by atoms with E-state index >= 15 is 0 Å². The highest BCUT2D eigenvalue weighted by Crippen LogP contribution is 2.32. The van der Waals surface area contributed by atoms with Gasteiger partial charge in [-0.3, -0.25) is 0 Å². The van der Waals surface area contributed by atoms with E-state index < -0.39 is 0 Å². The van der Waals surface area contributed by atoms with Gasteiger partial charge in [0.05, 0.1) is 0 Å². The van der Waals surface area contributed by atoms with Gasteiger partial charge in [-0.05, 0) is 36.4 Å². The van der Waals surface area contributed by atoms with E-state index in [1.165, 1.54) is 0 Å². The van der Waals surface area contributed by atoms with Gasteiger partial charge in [0, 0.05) is 6.07 Å². The van der Waals surface area contributed by atoms with Crippen molar-refractivity contribution in [3.8, 4) is 28.7 Å². The third-order valence-electron chi connectivity index (χ3n) is 2.88. The number of hydrogen-bond acceptors (Lipinski definition) is 3. The molecule has 0 bridgehead atoms. The number of phenolic OH excluding ortho intramolecular Hbond substituents is 1. The molecule has 0 unspecified atom stereocenters. The van der Waals surface area contributed by atoms with E-state index in [4.69, 9.17) is 9.47 Å². The van der Waals surface area contributed by atoms with E-state index in [1.807, 2.05) is 48.5 Å². The highest BCUT2D eigenvalue weighted by Gasteiger charge is 2.04. The fourth-order valence-corrected chi connectivity index (χ4v) is 1.90. The van der Waals surface area contributed by atoms with Crippen molar-refractivity contribution in [2.45, 2.75) is 0 Å². The zero-order chi connectivity index (χ0) is 14.5. The van der Waals surface area contributed by atoms with Gasteiger partial charge in [-0.15, -0.1) is 0 Å². The number of hydrogen-bond donors (Lipinski definition) is 1. The maximum atomic E-state index is 9.72. The first-order chi connectivity index (χ1) is 10.3. The van der Waals surface area contributed by atoms with Crippen LogP contribution in [0, 0.1) is 0 Å². The van der Waals surface area contributed by atoms with Crippen LogP contribution in [-0.4, -0.2) is 5.11 Å². The Morgan fingerprint density at radius 1 is 0.571 bits per heavy atom. The standard InChI is InChI=1S/C18H14O3/c19-17-11-4-5-12-18(17)21-16-10-6-9-15(13-16)20-14-7-2-1-3-8-14/h1-13,19H. The van der Waals surface area contributed by atoms with Crippen LogP contribution in [0.25, 0.3) is 0 Å². The van der Waals surface area contributed by atoms with Crippen LogP contribution in [-0.2, 0) is 0 Å². The predicted molar refractivity (Wildman–Crippen MR) is 81.1 cm³/mol. The minimum Gasteiger partial charge on any atom is -0.504 e. The van der Waals surface area contributed by atoms with Crippen molar-refractivity contribution in [2.24, 2.45) is 0 Å². The van der Waals surface area contributed by atoms with Gasteiger partial charge in [-0.1, -0.05) is 36.4 Å². The second kappa shape index (κ2) is 6.01. The van der Waals surface area contributed by atoms with Gasteiger partial charge in [-0.2, -0.15) is 0 Å². The van der Waals surface area contributed by atoms with Crippen molar-refractivity contribution >= 4 is 0 Å². The summed E-state index contributed by atoms with van der Waals surface area (Å²) in [5.74, 6) is 2.55. The van der Waals surface area contributed by atoms with E-state index in [-0.39, 0.29) is 5.75 Å². The molecule has 0 aliphatic carbocycles. The second-order valence-electron chi connectivity index (χ2n) is 4.46. The molecule has 0 saturated heterocycles. The molecule has 3 aromatic carbocycles. The zero-order valence-electron chi connectivity index (χ0n) is 11.3. The lowest BCUT2D eigenvalue weighted by atomic mass is 10.3. The average Bonchev–Trinajstić information content (AvgIpc) is 2.51. The molecule has 0 fully saturated rings. The molecule has 0 spiro atoms. The lowest BCUT2D eigenvalue weighted by molar-refractivity contribution is 0.408. The summed E-state index contributed by atoms with van der Waals surface area (Å²) in [7, 11) is 0. The molecule has 0 heterocycles. The Bertz CT molecular complexity index is 723. The first-order valence-corrected chi connectivity index (χ1v) is 6.60. The van der Waals surface area contributed by atoms with Crippen molar-refractivity contribution in [2.75, 3.05) is 0 Å². The molecule has 104 valence electrons. The summed E-state index contributed by atoms with van der Waals surface area (Å²) in [6.45, 7) is 0. The highest BCUT2D eigenvalue weighted by molar-refractivity contribution is 5.43. The Kier molecular flexibility index (Phi) is 3.74. The first kappa shape index (κ1) is 13.1. The van der Waals surface area contributed by atoms with Gasteiger partial charge in [0.2, 0.25) is 0 Å². The van der Waals surface area contributed by atoms with Crippen LogP contribution in [0.5, 0.6) is 28.7 Å². The van der Waals surface area contributed by atoms with Crippen LogP contribution < -0.4 is 9.47 Å². The van der Waals surface area contributed by atoms with Crippen LogP contribution in [0.4, 0.5) is 0 Å². The van der Waals surface area contributed by atoms with Crippen LogP contribution in [0.3, 0.4) is 0 Å². The van der Waals surface area contributed by atoms with Gasteiger partial charge in [0.1, 0.15) is 17.2 Å². The van der Waals surface area contributed by atoms with Crippen LogP contribution in [0.1, 0.15) is 0 Å². The molecule has 3 aromatic rings. The largest absolute Gasteiger partial charge is 0.504 e. The number of ether oxygens (including phenoxy) is 2. The van der Waals surface area contributed by atoms with Crippen molar-refractivity contribution < 1.29 is 14.6 Å². The molecule has 0 aliphatic rings. The summed E-state index contributed by atoms with van der Waals surface area (Å²) in [5.41, 5.74) is 0. The lowest BCUT2D eigenvalue weighted by Crippen LogP contribution is -1.87. The molecule has 0 aromatic heterocycles. The number of aromatic hydroxyl groups is 1. The van der Waals surface area contributed by atoms with E-state index in [1.54, 1.807) is 30.3 Å². The van der Waals surface area contributed by atoms with Gasteiger partial charge in [0.25, 0.3) is 0 Å². The van der Waals surface area contributed by atoms with E-state index in [2.05, 4.69) is 0 Å². The molecule has 3 nitrogen and oxygen atoms in total. The van der Waals surface area contributed by atoms with E-state index in [0.29, 0.717) is 17.2 Å². The van der Waals surface area contributed by atoms with Crippen molar-refractivity contribution in [3.05, 3.63) is 78.9 Å². The number of para-hydroxylation sites is 3. The molecular weight excluding hydrogens is 264 g/mol. The summed E-state index contributed by atoms with van der Waals surface area (Å²) in [6, 6.07) is 23.7. The van der Waals surface area contributed by atoms with Gasteiger partial charge < -0.3 is 14.6 Å². The summed E-state index contributed by atoms with van der Waals surface area (Å²) in [4.78, 5) is 0. The number of rotatable bonds is 4. The van der Waals surface area contributed by atoms with Gasteiger partial charge >= 0.3 is 0 Å². The summed E-state index contributed by atoms with van der Waals surface area (Å²) >= 11 is 0. The average molecular weight is 278 g/mol. The monoisotopic (exact) mass is 278 g/mol. The molecule has 0 radical (unpaired) electrons. The van der Waals surface area contributed by atoms with Gasteiger partial charge in [-0.25, -0.2) is 0 Å². The predicted octanol–water partition coefficient (Wildman–Crippen LogP) is 4.98. The summed E-state index contributed by atoms with van der Waals surface area (Å²) in [6.07, 6.45) is 0. The third kappa shape index (κ3) is 3.34. The van der Waals surface area contributed by atoms with E-state index in [9.17, 15) is 5.11 Å². The fraction of sp³-hybridized carbons (Fsp3) is 0. The lowest BCUT2D eigenvalue weighted by Gasteiger charge is -2.09. The van der Waals surface area contributed by atoms with Crippen LogP contribution in [0.2, 0.25) is 0 Å². The van der Waals surface area contributed by atoms with Gasteiger partial charge in [0.15, 0.2) is 11.5 Å². The minimum absolute atomic E-state index is 0.104. The Labute approximate surface area is 123 Å². The second-order valence-corrected chi connectivity index (χ2v) is 4.46. The number of benzene rings is 3. The van der Waals surface area contributed by atoms with Crippen molar-refractivity contribution in [1.29, 1.82) is 0 Å². The van der Waals surface area contributed by atoms with Crippen molar-refractivity contribution in [3.63, 3.8) is 0 Å². The normalized spacial score (nSPS) is 10.1. The Balaban J connectivity index is 1.79. The molecule has 3 rings (SSSR count). The zero-order valence-corrected chi connectivity index (χ0v) is 11.3. The molecule has 0 aliphatic heterocycles. The molecule has 1 N–H and O–H groups in total. The van der Waals surface area contributed by atoms with Crippen LogP contribution in [0.15, 0.2) is 78.9 Å².